The summed E-state index contributed by atoms with van der Waals surface area (Å²) in [6.45, 7) is 0. The van der Waals surface area contributed by atoms with Crippen LogP contribution in [0.5, 0.6) is 0 Å². The molecule has 0 N–H and O–H groups in total. The first-order chi connectivity index (χ1) is 7.97. The Hall–Kier alpha value is -0.910. The first-order valence-electron chi connectivity index (χ1n) is 4.73. The Morgan fingerprint density at radius 3 is 1.94 bits per heavy atom. The summed E-state index contributed by atoms with van der Waals surface area (Å²) in [7, 11) is 0. The van der Waals surface area contributed by atoms with E-state index < -0.39 is 36.2 Å². The topological polar surface area (TPSA) is 17.1 Å². The minimum Gasteiger partial charge on any atom is -0.298 e. The third-order valence-electron chi connectivity index (χ3n) is 2.24. The second-order valence-electron chi connectivity index (χ2n) is 3.37. The molecule has 0 amide bonds. The number of carbonyl (C=O) groups excluding carboxylic acids is 1. The van der Waals surface area contributed by atoms with E-state index in [1.54, 1.807) is 0 Å². The quantitative estimate of drug-likeness (QED) is 0.591. The predicted molar refractivity (Wildman–Crippen MR) is 58.9 cm³/mol. The fourth-order valence-electron chi connectivity index (χ4n) is 1.48. The highest BCUT2D eigenvalue weighted by Crippen LogP contribution is 2.31. The summed E-state index contributed by atoms with van der Waals surface area (Å²) in [6, 6.07) is 3.27. The van der Waals surface area contributed by atoms with Crippen molar-refractivity contribution in [1.82, 2.24) is 0 Å². The molecule has 0 bridgehead atoms. The molecular weight excluding hydrogens is 304 g/mol. The van der Waals surface area contributed by atoms with E-state index in [-0.39, 0.29) is 10.9 Å². The van der Waals surface area contributed by atoms with Gasteiger partial charge in [-0.25, -0.2) is 17.6 Å². The lowest BCUT2D eigenvalue weighted by Gasteiger charge is -2.13. The second kappa shape index (κ2) is 6.14. The summed E-state index contributed by atoms with van der Waals surface area (Å²) in [5.74, 6) is -0.417. The molecule has 6 heteroatoms. The van der Waals surface area contributed by atoms with Gasteiger partial charge in [0.2, 0.25) is 0 Å². The molecule has 1 rings (SSSR count). The van der Waals surface area contributed by atoms with Gasteiger partial charge in [0.05, 0.1) is 5.33 Å². The fraction of sp³-hybridized carbons (Fsp3) is 0.364. The van der Waals surface area contributed by atoms with Crippen LogP contribution in [0.3, 0.4) is 0 Å². The average Bonchev–Trinajstić information content (AvgIpc) is 2.28. The van der Waals surface area contributed by atoms with Crippen LogP contribution < -0.4 is 0 Å². The van der Waals surface area contributed by atoms with Crippen molar-refractivity contribution in [3.63, 3.8) is 0 Å². The van der Waals surface area contributed by atoms with Gasteiger partial charge >= 0.3 is 0 Å². The molecule has 17 heavy (non-hydrogen) atoms. The summed E-state index contributed by atoms with van der Waals surface area (Å²) >= 11 is 2.87. The number of alkyl halides is 5. The summed E-state index contributed by atoms with van der Waals surface area (Å²) in [5, 5.41) is -0.0484. The number of halogens is 5. The van der Waals surface area contributed by atoms with E-state index in [1.165, 1.54) is 0 Å². The highest BCUT2D eigenvalue weighted by molar-refractivity contribution is 9.09. The van der Waals surface area contributed by atoms with Gasteiger partial charge in [0, 0.05) is 17.5 Å². The maximum absolute atomic E-state index is 12.7. The van der Waals surface area contributed by atoms with Crippen molar-refractivity contribution >= 4 is 21.7 Å². The number of ketones is 1. The van der Waals surface area contributed by atoms with E-state index in [9.17, 15) is 22.4 Å². The summed E-state index contributed by atoms with van der Waals surface area (Å²) < 4.78 is 50.6. The molecule has 1 aromatic rings. The van der Waals surface area contributed by atoms with Gasteiger partial charge in [0.15, 0.2) is 0 Å². The molecule has 0 aromatic heterocycles. The Morgan fingerprint density at radius 2 is 1.59 bits per heavy atom. The number of hydrogen-bond acceptors (Lipinski definition) is 1. The molecule has 0 radical (unpaired) electrons. The van der Waals surface area contributed by atoms with Crippen molar-refractivity contribution in [3.8, 4) is 0 Å². The zero-order valence-corrected chi connectivity index (χ0v) is 10.2. The third kappa shape index (κ3) is 3.52. The van der Waals surface area contributed by atoms with Gasteiger partial charge < -0.3 is 0 Å². The molecule has 94 valence electrons. The van der Waals surface area contributed by atoms with E-state index in [1.807, 2.05) is 0 Å². The summed E-state index contributed by atoms with van der Waals surface area (Å²) in [4.78, 5) is 11.2. The number of rotatable bonds is 5. The molecule has 0 fully saturated rings. The molecule has 0 spiro atoms. The summed E-state index contributed by atoms with van der Waals surface area (Å²) in [5.41, 5.74) is -1.27. The first-order valence-corrected chi connectivity index (χ1v) is 5.85. The maximum atomic E-state index is 12.7. The molecule has 0 aliphatic carbocycles. The lowest BCUT2D eigenvalue weighted by atomic mass is 9.97. The van der Waals surface area contributed by atoms with Crippen molar-refractivity contribution < 1.29 is 22.4 Å². The molecule has 0 aliphatic rings. The van der Waals surface area contributed by atoms with Crippen LogP contribution in [0.1, 0.15) is 29.5 Å². The monoisotopic (exact) mass is 312 g/mol. The van der Waals surface area contributed by atoms with Crippen molar-refractivity contribution in [2.75, 3.05) is 5.33 Å². The van der Waals surface area contributed by atoms with E-state index in [0.717, 1.165) is 18.2 Å². The lowest BCUT2D eigenvalue weighted by Crippen LogP contribution is -2.09. The molecule has 1 aromatic carbocycles. The summed E-state index contributed by atoms with van der Waals surface area (Å²) in [6.07, 6.45) is -6.15. The Labute approximate surface area is 104 Å². The normalized spacial score (nSPS) is 11.2. The van der Waals surface area contributed by atoms with E-state index >= 15 is 0 Å². The fourth-order valence-corrected chi connectivity index (χ4v) is 1.68. The molecule has 0 aliphatic heterocycles. The SMILES string of the molecule is O=C(CBr)Cc1c(C(F)F)cccc1C(F)F. The minimum atomic E-state index is -2.87. The first kappa shape index (κ1) is 14.2. The average molecular weight is 313 g/mol. The number of hydrogen-bond donors (Lipinski definition) is 0. The molecule has 0 saturated carbocycles. The number of carbonyl (C=O) groups is 1. The van der Waals surface area contributed by atoms with Crippen LogP contribution in [0.15, 0.2) is 18.2 Å². The smallest absolute Gasteiger partial charge is 0.264 e. The van der Waals surface area contributed by atoms with E-state index in [2.05, 4.69) is 15.9 Å². The molecule has 0 saturated heterocycles. The highest BCUT2D eigenvalue weighted by atomic mass is 79.9. The van der Waals surface area contributed by atoms with Crippen LogP contribution >= 0.6 is 15.9 Å². The van der Waals surface area contributed by atoms with Crippen LogP contribution in [-0.2, 0) is 11.2 Å². The minimum absolute atomic E-state index is 0.0484. The van der Waals surface area contributed by atoms with Gasteiger partial charge in [0.1, 0.15) is 5.78 Å². The van der Waals surface area contributed by atoms with Crippen molar-refractivity contribution in [2.45, 2.75) is 19.3 Å². The van der Waals surface area contributed by atoms with Crippen LogP contribution in [0.4, 0.5) is 17.6 Å². The standard InChI is InChI=1S/C11H9BrF4O/c12-5-6(17)4-9-7(10(13)14)2-1-3-8(9)11(15)16/h1-3,10-11H,4-5H2. The Morgan fingerprint density at radius 1 is 1.12 bits per heavy atom. The van der Waals surface area contributed by atoms with E-state index in [4.69, 9.17) is 0 Å². The van der Waals surface area contributed by atoms with Crippen molar-refractivity contribution in [3.05, 3.63) is 34.9 Å². The Balaban J connectivity index is 3.23. The molecular formula is C11H9BrF4O. The van der Waals surface area contributed by atoms with Crippen LogP contribution in [0.25, 0.3) is 0 Å². The van der Waals surface area contributed by atoms with Crippen LogP contribution in [0.2, 0.25) is 0 Å². The molecule has 0 atom stereocenters. The number of benzene rings is 1. The van der Waals surface area contributed by atoms with Gasteiger partial charge in [-0.2, -0.15) is 0 Å². The van der Waals surface area contributed by atoms with Gasteiger partial charge in [-0.15, -0.1) is 0 Å². The van der Waals surface area contributed by atoms with Gasteiger partial charge in [0.25, 0.3) is 12.9 Å². The maximum Gasteiger partial charge on any atom is 0.264 e. The largest absolute Gasteiger partial charge is 0.298 e. The third-order valence-corrected chi connectivity index (χ3v) is 2.87. The molecule has 0 heterocycles. The molecule has 0 unspecified atom stereocenters. The predicted octanol–water partition coefficient (Wildman–Crippen LogP) is 4.07. The Kier molecular flexibility index (Phi) is 5.11. The van der Waals surface area contributed by atoms with Gasteiger partial charge in [-0.1, -0.05) is 34.1 Å². The van der Waals surface area contributed by atoms with E-state index in [0.29, 0.717) is 0 Å². The van der Waals surface area contributed by atoms with Crippen molar-refractivity contribution in [2.24, 2.45) is 0 Å². The second-order valence-corrected chi connectivity index (χ2v) is 3.93. The number of Topliss-reactive ketones (excluding diaryl/α,β-unsaturated/α-hetero) is 1. The lowest BCUT2D eigenvalue weighted by molar-refractivity contribution is -0.115. The zero-order valence-electron chi connectivity index (χ0n) is 8.60. The van der Waals surface area contributed by atoms with Crippen molar-refractivity contribution in [1.29, 1.82) is 0 Å². The Bertz CT molecular complexity index is 380. The molecule has 1 nitrogen and oxygen atoms in total. The highest BCUT2D eigenvalue weighted by Gasteiger charge is 2.22. The van der Waals surface area contributed by atoms with Crippen LogP contribution in [-0.4, -0.2) is 11.1 Å². The van der Waals surface area contributed by atoms with Gasteiger partial charge in [-0.3, -0.25) is 4.79 Å². The zero-order chi connectivity index (χ0) is 13.0. The van der Waals surface area contributed by atoms with Gasteiger partial charge in [-0.05, 0) is 5.56 Å². The van der Waals surface area contributed by atoms with Crippen LogP contribution in [0, 0.1) is 0 Å².